The van der Waals surface area contributed by atoms with Crippen molar-refractivity contribution < 1.29 is 36.6 Å². The van der Waals surface area contributed by atoms with E-state index < -0.39 is 34.7 Å². The van der Waals surface area contributed by atoms with Crippen molar-refractivity contribution in [2.45, 2.75) is 6.18 Å². The van der Waals surface area contributed by atoms with Crippen molar-refractivity contribution in [2.75, 3.05) is 7.11 Å². The number of rotatable bonds is 6. The highest BCUT2D eigenvalue weighted by molar-refractivity contribution is 5.89. The molecule has 0 spiro atoms. The molecule has 0 fully saturated rings. The van der Waals surface area contributed by atoms with Crippen molar-refractivity contribution in [1.82, 2.24) is 0 Å². The molecule has 0 atom stereocenters. The third-order valence-corrected chi connectivity index (χ3v) is 4.77. The molecule has 1 aromatic heterocycles. The molecule has 6 nitrogen and oxygen atoms in total. The molecule has 0 unspecified atom stereocenters. The van der Waals surface area contributed by atoms with Gasteiger partial charge in [0.25, 0.3) is 5.76 Å². The van der Waals surface area contributed by atoms with Crippen LogP contribution in [0.1, 0.15) is 11.3 Å². The van der Waals surface area contributed by atoms with Gasteiger partial charge >= 0.3 is 12.1 Å². The van der Waals surface area contributed by atoms with Gasteiger partial charge in [-0.2, -0.15) is 13.2 Å². The van der Waals surface area contributed by atoms with Crippen LogP contribution in [0.5, 0.6) is 23.0 Å². The second-order valence-corrected chi connectivity index (χ2v) is 7.19. The fourth-order valence-electron chi connectivity index (χ4n) is 3.16. The number of halogens is 3. The van der Waals surface area contributed by atoms with Crippen LogP contribution in [0.2, 0.25) is 0 Å². The SMILES string of the molecule is COc1cccc(Oc2c(C(F)(F)F)oc3cc(OC(=O)C=Cc4ccccc4)ccc3c2=O)c1. The summed E-state index contributed by atoms with van der Waals surface area (Å²) in [4.78, 5) is 25.0. The highest BCUT2D eigenvalue weighted by Crippen LogP contribution is 2.39. The Bertz CT molecular complexity index is 1460. The molecule has 0 N–H and O–H groups in total. The number of hydrogen-bond donors (Lipinski definition) is 0. The smallest absolute Gasteiger partial charge is 0.453 e. The maximum absolute atomic E-state index is 13.7. The van der Waals surface area contributed by atoms with Crippen LogP contribution in [0.25, 0.3) is 17.0 Å². The largest absolute Gasteiger partial charge is 0.497 e. The summed E-state index contributed by atoms with van der Waals surface area (Å²) in [5.41, 5.74) is -0.701. The summed E-state index contributed by atoms with van der Waals surface area (Å²) in [5, 5.41) is -0.185. The lowest BCUT2D eigenvalue weighted by molar-refractivity contribution is -0.154. The first kappa shape index (κ1) is 23.6. The Labute approximate surface area is 196 Å². The number of fused-ring (bicyclic) bond motifs is 1. The Hall–Kier alpha value is -4.53. The first-order chi connectivity index (χ1) is 16.7. The summed E-state index contributed by atoms with van der Waals surface area (Å²) in [6.07, 6.45) is -2.35. The van der Waals surface area contributed by atoms with E-state index in [1.807, 2.05) is 6.07 Å². The van der Waals surface area contributed by atoms with Gasteiger partial charge in [-0.1, -0.05) is 36.4 Å². The Balaban J connectivity index is 1.68. The van der Waals surface area contributed by atoms with Gasteiger partial charge in [0, 0.05) is 18.2 Å². The van der Waals surface area contributed by atoms with Crippen molar-refractivity contribution in [2.24, 2.45) is 0 Å². The molecule has 0 amide bonds. The molecule has 1 heterocycles. The van der Waals surface area contributed by atoms with Crippen LogP contribution in [0.4, 0.5) is 13.2 Å². The molecular formula is C26H17F3O6. The monoisotopic (exact) mass is 482 g/mol. The lowest BCUT2D eigenvalue weighted by Gasteiger charge is -2.14. The Morgan fingerprint density at radius 2 is 1.66 bits per heavy atom. The van der Waals surface area contributed by atoms with Crippen LogP contribution in [0.3, 0.4) is 0 Å². The van der Waals surface area contributed by atoms with E-state index >= 15 is 0 Å². The lowest BCUT2D eigenvalue weighted by Crippen LogP contribution is -2.15. The second kappa shape index (κ2) is 9.76. The molecule has 35 heavy (non-hydrogen) atoms. The molecule has 0 aliphatic heterocycles. The van der Waals surface area contributed by atoms with Crippen molar-refractivity contribution in [1.29, 1.82) is 0 Å². The van der Waals surface area contributed by atoms with E-state index in [0.29, 0.717) is 5.75 Å². The van der Waals surface area contributed by atoms with Crippen molar-refractivity contribution in [3.8, 4) is 23.0 Å². The molecule has 0 aliphatic carbocycles. The number of esters is 1. The summed E-state index contributed by atoms with van der Waals surface area (Å²) >= 11 is 0. The van der Waals surface area contributed by atoms with E-state index in [9.17, 15) is 22.8 Å². The van der Waals surface area contributed by atoms with Gasteiger partial charge in [-0.05, 0) is 35.9 Å². The average Bonchev–Trinajstić information content (AvgIpc) is 2.84. The number of benzene rings is 3. The molecule has 3 aromatic carbocycles. The molecular weight excluding hydrogens is 465 g/mol. The molecule has 0 radical (unpaired) electrons. The topological polar surface area (TPSA) is 75.0 Å². The second-order valence-electron chi connectivity index (χ2n) is 7.19. The van der Waals surface area contributed by atoms with Crippen molar-refractivity contribution in [3.63, 3.8) is 0 Å². The van der Waals surface area contributed by atoms with Crippen LogP contribution in [-0.2, 0) is 11.0 Å². The fourth-order valence-corrected chi connectivity index (χ4v) is 3.16. The standard InChI is InChI=1S/C26H17F3O6/c1-32-17-8-5-9-18(14-17)34-24-23(31)20-12-11-19(15-21(20)35-25(24)26(27,28)29)33-22(30)13-10-16-6-3-2-4-7-16/h2-15H,1H3. The number of alkyl halides is 3. The van der Waals surface area contributed by atoms with E-state index in [2.05, 4.69) is 0 Å². The number of hydrogen-bond acceptors (Lipinski definition) is 6. The van der Waals surface area contributed by atoms with Crippen LogP contribution in [-0.4, -0.2) is 13.1 Å². The summed E-state index contributed by atoms with van der Waals surface area (Å²) < 4.78 is 61.7. The van der Waals surface area contributed by atoms with Crippen molar-refractivity contribution >= 4 is 23.0 Å². The fraction of sp³-hybridized carbons (Fsp3) is 0.0769. The lowest BCUT2D eigenvalue weighted by atomic mass is 10.2. The van der Waals surface area contributed by atoms with Gasteiger partial charge < -0.3 is 18.6 Å². The Morgan fingerprint density at radius 1 is 0.914 bits per heavy atom. The molecule has 4 aromatic rings. The van der Waals surface area contributed by atoms with E-state index in [4.69, 9.17) is 18.6 Å². The maximum Gasteiger partial charge on any atom is 0.453 e. The molecule has 0 saturated heterocycles. The highest BCUT2D eigenvalue weighted by Gasteiger charge is 2.40. The van der Waals surface area contributed by atoms with Gasteiger partial charge in [-0.15, -0.1) is 0 Å². The van der Waals surface area contributed by atoms with Gasteiger partial charge in [0.15, 0.2) is 0 Å². The van der Waals surface area contributed by atoms with Gasteiger partial charge in [-0.25, -0.2) is 4.79 Å². The minimum atomic E-state index is -5.04. The Morgan fingerprint density at radius 3 is 2.37 bits per heavy atom. The Kier molecular flexibility index (Phi) is 6.59. The van der Waals surface area contributed by atoms with E-state index in [1.54, 1.807) is 30.3 Å². The predicted molar refractivity (Wildman–Crippen MR) is 122 cm³/mol. The first-order valence-electron chi connectivity index (χ1n) is 10.2. The van der Waals surface area contributed by atoms with Crippen LogP contribution >= 0.6 is 0 Å². The number of ether oxygens (including phenoxy) is 3. The van der Waals surface area contributed by atoms with E-state index in [1.165, 1.54) is 49.6 Å². The third-order valence-electron chi connectivity index (χ3n) is 4.77. The molecule has 9 heteroatoms. The maximum atomic E-state index is 13.7. The molecule has 0 bridgehead atoms. The van der Waals surface area contributed by atoms with Gasteiger partial charge in [0.2, 0.25) is 11.2 Å². The third kappa shape index (κ3) is 5.52. The average molecular weight is 482 g/mol. The molecule has 178 valence electrons. The van der Waals surface area contributed by atoms with Gasteiger partial charge in [0.1, 0.15) is 22.8 Å². The predicted octanol–water partition coefficient (Wildman–Crippen LogP) is 6.23. The van der Waals surface area contributed by atoms with Gasteiger partial charge in [0.05, 0.1) is 12.5 Å². The molecule has 0 aliphatic rings. The zero-order valence-corrected chi connectivity index (χ0v) is 18.2. The minimum Gasteiger partial charge on any atom is -0.497 e. The van der Waals surface area contributed by atoms with Crippen molar-refractivity contribution in [3.05, 3.63) is 100 Å². The van der Waals surface area contributed by atoms with Crippen LogP contribution in [0.15, 0.2) is 88.1 Å². The molecule has 4 rings (SSSR count). The van der Waals surface area contributed by atoms with Crippen LogP contribution in [0, 0.1) is 0 Å². The highest BCUT2D eigenvalue weighted by atomic mass is 19.4. The zero-order valence-electron chi connectivity index (χ0n) is 18.2. The number of carbonyl (C=O) groups excluding carboxylic acids is 1. The summed E-state index contributed by atoms with van der Waals surface area (Å²) in [7, 11) is 1.38. The normalized spacial score (nSPS) is 11.5. The minimum absolute atomic E-state index is 0.0442. The number of methoxy groups -OCH3 is 1. The number of carbonyl (C=O) groups is 1. The van der Waals surface area contributed by atoms with E-state index in [0.717, 1.165) is 11.6 Å². The summed E-state index contributed by atoms with van der Waals surface area (Å²) in [6.45, 7) is 0. The first-order valence-corrected chi connectivity index (χ1v) is 10.2. The van der Waals surface area contributed by atoms with E-state index in [-0.39, 0.29) is 16.9 Å². The zero-order chi connectivity index (χ0) is 25.0. The molecule has 0 saturated carbocycles. The summed E-state index contributed by atoms with van der Waals surface area (Å²) in [6, 6.07) is 18.2. The van der Waals surface area contributed by atoms with Gasteiger partial charge in [-0.3, -0.25) is 4.79 Å². The quantitative estimate of drug-likeness (QED) is 0.184. The summed E-state index contributed by atoms with van der Waals surface area (Å²) in [5.74, 6) is -3.21. The van der Waals surface area contributed by atoms with Crippen LogP contribution < -0.4 is 19.6 Å².